The maximum Gasteiger partial charge on any atom is 0.308 e. The lowest BCUT2D eigenvalue weighted by atomic mass is 9.94. The van der Waals surface area contributed by atoms with Crippen molar-refractivity contribution in [2.75, 3.05) is 10.8 Å². The van der Waals surface area contributed by atoms with E-state index < -0.39 is 27.6 Å². The van der Waals surface area contributed by atoms with Crippen LogP contribution in [0, 0.1) is 5.92 Å². The van der Waals surface area contributed by atoms with E-state index in [0.29, 0.717) is 12.1 Å². The van der Waals surface area contributed by atoms with Crippen molar-refractivity contribution < 1.29 is 18.3 Å². The molecule has 2 N–H and O–H groups in total. The van der Waals surface area contributed by atoms with E-state index in [-0.39, 0.29) is 6.54 Å². The van der Waals surface area contributed by atoms with Gasteiger partial charge in [-0.25, -0.2) is 0 Å². The number of nitrogens with zero attached hydrogens (tertiary/aromatic N) is 1. The van der Waals surface area contributed by atoms with E-state index in [4.69, 9.17) is 0 Å². The number of aliphatic carboxylic acids is 1. The lowest BCUT2D eigenvalue weighted by Gasteiger charge is -2.35. The Bertz CT molecular complexity index is 649. The fourth-order valence-electron chi connectivity index (χ4n) is 2.39. The minimum Gasteiger partial charge on any atom is -0.481 e. The number of rotatable bonds is 3. The fraction of sp³-hybridized carbons (Fsp3) is 0.500. The zero-order valence-corrected chi connectivity index (χ0v) is 13.1. The molecule has 0 amide bonds. The second-order valence-corrected chi connectivity index (χ2v) is 7.85. The molecule has 1 unspecified atom stereocenters. The van der Waals surface area contributed by atoms with Crippen molar-refractivity contribution in [1.29, 1.82) is 0 Å². The summed E-state index contributed by atoms with van der Waals surface area (Å²) in [5.74, 6) is -1.73. The van der Waals surface area contributed by atoms with Gasteiger partial charge in [-0.1, -0.05) is 18.2 Å². The average molecular weight is 312 g/mol. The van der Waals surface area contributed by atoms with Gasteiger partial charge in [-0.3, -0.25) is 9.10 Å². The van der Waals surface area contributed by atoms with Crippen molar-refractivity contribution in [3.05, 3.63) is 29.8 Å². The molecule has 1 atom stereocenters. The Hall–Kier alpha value is -1.60. The zero-order valence-electron chi connectivity index (χ0n) is 12.3. The van der Waals surface area contributed by atoms with Crippen LogP contribution in [0.5, 0.6) is 0 Å². The highest BCUT2D eigenvalue weighted by molar-refractivity contribution is 7.90. The predicted octanol–water partition coefficient (Wildman–Crippen LogP) is 1.38. The molecule has 0 saturated heterocycles. The van der Waals surface area contributed by atoms with Crippen LogP contribution in [-0.4, -0.2) is 31.6 Å². The van der Waals surface area contributed by atoms with E-state index in [9.17, 15) is 18.3 Å². The molecular weight excluding hydrogens is 292 g/mol. The third-order valence-electron chi connectivity index (χ3n) is 3.19. The number of hydrogen-bond acceptors (Lipinski definition) is 3. The molecular formula is C14H20N2O4S. The summed E-state index contributed by atoms with van der Waals surface area (Å²) in [6.45, 7) is 5.18. The van der Waals surface area contributed by atoms with Crippen molar-refractivity contribution in [2.24, 2.45) is 5.92 Å². The number of nitrogens with one attached hydrogen (secondary N) is 1. The average Bonchev–Trinajstić information content (AvgIpc) is 2.34. The molecule has 0 aromatic heterocycles. The maximum absolute atomic E-state index is 12.6. The molecule has 1 aromatic rings. The Labute approximate surface area is 125 Å². The molecule has 1 aliphatic heterocycles. The minimum atomic E-state index is -3.80. The SMILES string of the molecule is CC(C)(C)NS(=O)(=O)N1CC(C(=O)O)Cc2ccccc21. The number of carboxylic acid groups (broad SMARTS) is 1. The third-order valence-corrected chi connectivity index (χ3v) is 4.98. The van der Waals surface area contributed by atoms with E-state index >= 15 is 0 Å². The van der Waals surface area contributed by atoms with Gasteiger partial charge in [0.25, 0.3) is 0 Å². The predicted molar refractivity (Wildman–Crippen MR) is 80.4 cm³/mol. The summed E-state index contributed by atoms with van der Waals surface area (Å²) in [6.07, 6.45) is 0.340. The summed E-state index contributed by atoms with van der Waals surface area (Å²) in [4.78, 5) is 11.3. The van der Waals surface area contributed by atoms with Crippen LogP contribution in [0.15, 0.2) is 24.3 Å². The first-order chi connectivity index (χ1) is 9.60. The quantitative estimate of drug-likeness (QED) is 0.883. The molecule has 0 radical (unpaired) electrons. The molecule has 1 aliphatic rings. The summed E-state index contributed by atoms with van der Waals surface area (Å²) in [5, 5.41) is 9.24. The summed E-state index contributed by atoms with van der Waals surface area (Å²) in [7, 11) is -3.80. The second-order valence-electron chi connectivity index (χ2n) is 6.26. The Morgan fingerprint density at radius 3 is 2.52 bits per heavy atom. The van der Waals surface area contributed by atoms with Gasteiger partial charge in [-0.2, -0.15) is 13.1 Å². The van der Waals surface area contributed by atoms with Gasteiger partial charge < -0.3 is 5.11 Å². The van der Waals surface area contributed by atoms with Crippen LogP contribution >= 0.6 is 0 Å². The first kappa shape index (κ1) is 15.8. The number of carboxylic acids is 1. The topological polar surface area (TPSA) is 86.7 Å². The van der Waals surface area contributed by atoms with Crippen LogP contribution in [0.1, 0.15) is 26.3 Å². The molecule has 0 spiro atoms. The zero-order chi connectivity index (χ0) is 15.8. The Kier molecular flexibility index (Phi) is 3.99. The van der Waals surface area contributed by atoms with Gasteiger partial charge in [0.05, 0.1) is 11.6 Å². The molecule has 0 fully saturated rings. The summed E-state index contributed by atoms with van der Waals surface area (Å²) >= 11 is 0. The molecule has 6 nitrogen and oxygen atoms in total. The van der Waals surface area contributed by atoms with E-state index in [1.165, 1.54) is 0 Å². The number of benzene rings is 1. The molecule has 116 valence electrons. The highest BCUT2D eigenvalue weighted by Gasteiger charge is 2.36. The highest BCUT2D eigenvalue weighted by Crippen LogP contribution is 2.31. The number of fused-ring (bicyclic) bond motifs is 1. The number of anilines is 1. The summed E-state index contributed by atoms with van der Waals surface area (Å²) < 4.78 is 28.8. The van der Waals surface area contributed by atoms with Crippen LogP contribution < -0.4 is 9.03 Å². The minimum absolute atomic E-state index is 0.0578. The van der Waals surface area contributed by atoms with Crippen LogP contribution in [0.3, 0.4) is 0 Å². The van der Waals surface area contributed by atoms with Gasteiger partial charge >= 0.3 is 16.2 Å². The van der Waals surface area contributed by atoms with Gasteiger partial charge in [-0.05, 0) is 38.8 Å². The van der Waals surface area contributed by atoms with Gasteiger partial charge in [0.2, 0.25) is 0 Å². The normalized spacial score (nSPS) is 19.2. The molecule has 1 heterocycles. The van der Waals surface area contributed by atoms with Crippen LogP contribution in [0.4, 0.5) is 5.69 Å². The van der Waals surface area contributed by atoms with E-state index in [1.807, 2.05) is 0 Å². The highest BCUT2D eigenvalue weighted by atomic mass is 32.2. The van der Waals surface area contributed by atoms with Crippen LogP contribution in [-0.2, 0) is 21.4 Å². The lowest BCUT2D eigenvalue weighted by molar-refractivity contribution is -0.141. The van der Waals surface area contributed by atoms with Gasteiger partial charge in [0, 0.05) is 12.1 Å². The molecule has 0 aliphatic carbocycles. The first-order valence-corrected chi connectivity index (χ1v) is 8.16. The molecule has 2 rings (SSSR count). The molecule has 0 saturated carbocycles. The van der Waals surface area contributed by atoms with Gasteiger partial charge in [0.1, 0.15) is 0 Å². The summed E-state index contributed by atoms with van der Waals surface area (Å²) in [6, 6.07) is 7.00. The largest absolute Gasteiger partial charge is 0.481 e. The van der Waals surface area contributed by atoms with Gasteiger partial charge in [-0.15, -0.1) is 0 Å². The van der Waals surface area contributed by atoms with E-state index in [0.717, 1.165) is 9.87 Å². The summed E-state index contributed by atoms with van der Waals surface area (Å²) in [5.41, 5.74) is 0.645. The monoisotopic (exact) mass is 312 g/mol. The van der Waals surface area contributed by atoms with Crippen molar-refractivity contribution in [1.82, 2.24) is 4.72 Å². The van der Waals surface area contributed by atoms with Crippen molar-refractivity contribution in [2.45, 2.75) is 32.7 Å². The third kappa shape index (κ3) is 3.54. The van der Waals surface area contributed by atoms with Crippen LogP contribution in [0.2, 0.25) is 0 Å². The molecule has 7 heteroatoms. The lowest BCUT2D eigenvalue weighted by Crippen LogP contribution is -2.52. The van der Waals surface area contributed by atoms with Crippen molar-refractivity contribution in [3.8, 4) is 0 Å². The van der Waals surface area contributed by atoms with E-state index in [1.54, 1.807) is 45.0 Å². The van der Waals surface area contributed by atoms with Gasteiger partial charge in [0.15, 0.2) is 0 Å². The van der Waals surface area contributed by atoms with Crippen molar-refractivity contribution in [3.63, 3.8) is 0 Å². The Balaban J connectivity index is 2.44. The second kappa shape index (κ2) is 5.31. The smallest absolute Gasteiger partial charge is 0.308 e. The van der Waals surface area contributed by atoms with Crippen LogP contribution in [0.25, 0.3) is 0 Å². The molecule has 1 aromatic carbocycles. The van der Waals surface area contributed by atoms with Crippen molar-refractivity contribution >= 4 is 21.9 Å². The number of para-hydroxylation sites is 1. The number of hydrogen-bond donors (Lipinski definition) is 2. The molecule has 21 heavy (non-hydrogen) atoms. The Morgan fingerprint density at radius 1 is 1.33 bits per heavy atom. The Morgan fingerprint density at radius 2 is 1.95 bits per heavy atom. The maximum atomic E-state index is 12.6. The standard InChI is InChI=1S/C14H20N2O4S/c1-14(2,3)15-21(19,20)16-9-11(13(17)18)8-10-6-4-5-7-12(10)16/h4-7,11,15H,8-9H2,1-3H3,(H,17,18). The van der Waals surface area contributed by atoms with E-state index in [2.05, 4.69) is 4.72 Å². The number of carbonyl (C=O) groups is 1. The fourth-order valence-corrected chi connectivity index (χ4v) is 4.09. The first-order valence-electron chi connectivity index (χ1n) is 6.72. The molecule has 0 bridgehead atoms.